The fraction of sp³-hybridized carbons (Fsp3) is 0.643. The van der Waals surface area contributed by atoms with Gasteiger partial charge in [-0.1, -0.05) is 0 Å². The van der Waals surface area contributed by atoms with Crippen molar-refractivity contribution in [3.05, 3.63) is 18.3 Å². The molecule has 1 amide bonds. The van der Waals surface area contributed by atoms with Gasteiger partial charge in [0.25, 0.3) is 5.91 Å². The number of carbonyl (C=O) groups excluding carboxylic acids is 1. The summed E-state index contributed by atoms with van der Waals surface area (Å²) in [6, 6.07) is 4.14. The van der Waals surface area contributed by atoms with E-state index >= 15 is 0 Å². The van der Waals surface area contributed by atoms with Gasteiger partial charge in [0, 0.05) is 31.9 Å². The highest BCUT2D eigenvalue weighted by molar-refractivity contribution is 5.81. The Balaban J connectivity index is 1.48. The molecule has 0 saturated carbocycles. The molecule has 2 aliphatic heterocycles. The van der Waals surface area contributed by atoms with E-state index in [1.807, 2.05) is 17.0 Å². The predicted molar refractivity (Wildman–Crippen MR) is 74.2 cm³/mol. The number of ether oxygens (including phenoxy) is 1. The summed E-state index contributed by atoms with van der Waals surface area (Å²) in [6.07, 6.45) is 5.22. The third-order valence-electron chi connectivity index (χ3n) is 3.94. The lowest BCUT2D eigenvalue weighted by molar-refractivity contribution is -0.141. The van der Waals surface area contributed by atoms with E-state index in [9.17, 15) is 4.79 Å². The fourth-order valence-corrected chi connectivity index (χ4v) is 2.81. The zero-order valence-electron chi connectivity index (χ0n) is 11.5. The van der Waals surface area contributed by atoms with Gasteiger partial charge in [0.05, 0.1) is 0 Å². The smallest absolute Gasteiger partial charge is 0.251 e. The SMILES string of the molecule is O=C(C1CCCO1)N1CCC(Nc2cccnn2)CC1. The Hall–Kier alpha value is -1.69. The molecule has 0 radical (unpaired) electrons. The Morgan fingerprint density at radius 2 is 2.20 bits per heavy atom. The number of carbonyl (C=O) groups is 1. The summed E-state index contributed by atoms with van der Waals surface area (Å²) in [7, 11) is 0. The number of hydrogen-bond donors (Lipinski definition) is 1. The summed E-state index contributed by atoms with van der Waals surface area (Å²) in [5.41, 5.74) is 0. The molecular formula is C14H20N4O2. The molecule has 6 nitrogen and oxygen atoms in total. The van der Waals surface area contributed by atoms with Crippen molar-refractivity contribution >= 4 is 11.7 Å². The van der Waals surface area contributed by atoms with Crippen molar-refractivity contribution in [1.82, 2.24) is 15.1 Å². The monoisotopic (exact) mass is 276 g/mol. The van der Waals surface area contributed by atoms with Gasteiger partial charge in [-0.2, -0.15) is 5.10 Å². The average molecular weight is 276 g/mol. The van der Waals surface area contributed by atoms with Crippen LogP contribution in [0.4, 0.5) is 5.82 Å². The molecule has 108 valence electrons. The van der Waals surface area contributed by atoms with E-state index in [0.29, 0.717) is 6.04 Å². The first kappa shape index (κ1) is 13.3. The van der Waals surface area contributed by atoms with Crippen LogP contribution in [0.15, 0.2) is 18.3 Å². The zero-order valence-corrected chi connectivity index (χ0v) is 11.5. The highest BCUT2D eigenvalue weighted by Gasteiger charge is 2.30. The van der Waals surface area contributed by atoms with Crippen molar-refractivity contribution in [3.8, 4) is 0 Å². The van der Waals surface area contributed by atoms with E-state index in [2.05, 4.69) is 15.5 Å². The lowest BCUT2D eigenvalue weighted by atomic mass is 10.0. The maximum atomic E-state index is 12.2. The van der Waals surface area contributed by atoms with Crippen LogP contribution >= 0.6 is 0 Å². The number of hydrogen-bond acceptors (Lipinski definition) is 5. The molecule has 0 bridgehead atoms. The van der Waals surface area contributed by atoms with Gasteiger partial charge in [-0.25, -0.2) is 0 Å². The molecule has 2 saturated heterocycles. The van der Waals surface area contributed by atoms with Gasteiger partial charge in [0.1, 0.15) is 11.9 Å². The molecule has 0 spiro atoms. The van der Waals surface area contributed by atoms with Gasteiger partial charge in [0.15, 0.2) is 0 Å². The van der Waals surface area contributed by atoms with Crippen molar-refractivity contribution in [1.29, 1.82) is 0 Å². The third-order valence-corrected chi connectivity index (χ3v) is 3.94. The van der Waals surface area contributed by atoms with Crippen LogP contribution in [0.2, 0.25) is 0 Å². The molecule has 1 atom stereocenters. The average Bonchev–Trinajstić information content (AvgIpc) is 3.03. The molecular weight excluding hydrogens is 256 g/mol. The Labute approximate surface area is 118 Å². The van der Waals surface area contributed by atoms with E-state index in [0.717, 1.165) is 51.2 Å². The van der Waals surface area contributed by atoms with Crippen molar-refractivity contribution < 1.29 is 9.53 Å². The van der Waals surface area contributed by atoms with Crippen molar-refractivity contribution in [3.63, 3.8) is 0 Å². The van der Waals surface area contributed by atoms with Gasteiger partial charge in [0.2, 0.25) is 0 Å². The number of nitrogens with one attached hydrogen (secondary N) is 1. The van der Waals surface area contributed by atoms with Crippen molar-refractivity contribution in [2.24, 2.45) is 0 Å². The molecule has 0 aliphatic carbocycles. The quantitative estimate of drug-likeness (QED) is 0.894. The van der Waals surface area contributed by atoms with Crippen LogP contribution in [0.5, 0.6) is 0 Å². The molecule has 20 heavy (non-hydrogen) atoms. The summed E-state index contributed by atoms with van der Waals surface area (Å²) in [5, 5.41) is 11.2. The Kier molecular flexibility index (Phi) is 4.11. The first-order valence-electron chi connectivity index (χ1n) is 7.27. The van der Waals surface area contributed by atoms with Gasteiger partial charge in [-0.15, -0.1) is 5.10 Å². The Morgan fingerprint density at radius 1 is 1.35 bits per heavy atom. The molecule has 3 heterocycles. The number of anilines is 1. The minimum absolute atomic E-state index is 0.167. The number of nitrogens with zero attached hydrogens (tertiary/aromatic N) is 3. The van der Waals surface area contributed by atoms with Gasteiger partial charge < -0.3 is 15.0 Å². The molecule has 1 aromatic rings. The minimum Gasteiger partial charge on any atom is -0.368 e. The zero-order chi connectivity index (χ0) is 13.8. The summed E-state index contributed by atoms with van der Waals surface area (Å²) in [6.45, 7) is 2.30. The largest absolute Gasteiger partial charge is 0.368 e. The highest BCUT2D eigenvalue weighted by atomic mass is 16.5. The number of rotatable bonds is 3. The topological polar surface area (TPSA) is 67.3 Å². The Bertz CT molecular complexity index is 440. The van der Waals surface area contributed by atoms with E-state index in [1.54, 1.807) is 6.20 Å². The summed E-state index contributed by atoms with van der Waals surface area (Å²) < 4.78 is 5.47. The fourth-order valence-electron chi connectivity index (χ4n) is 2.81. The molecule has 0 aromatic carbocycles. The van der Waals surface area contributed by atoms with Gasteiger partial charge in [-0.3, -0.25) is 4.79 Å². The lowest BCUT2D eigenvalue weighted by Crippen LogP contribution is -2.46. The molecule has 1 aromatic heterocycles. The maximum absolute atomic E-state index is 12.2. The predicted octanol–water partition coefficient (Wildman–Crippen LogP) is 1.06. The molecule has 2 aliphatic rings. The summed E-state index contributed by atoms with van der Waals surface area (Å²) >= 11 is 0. The first-order chi connectivity index (χ1) is 9.83. The van der Waals surface area contributed by atoms with Crippen molar-refractivity contribution in [2.45, 2.75) is 37.8 Å². The first-order valence-corrected chi connectivity index (χ1v) is 7.27. The van der Waals surface area contributed by atoms with Crippen LogP contribution < -0.4 is 5.32 Å². The van der Waals surface area contributed by atoms with Crippen LogP contribution in [-0.2, 0) is 9.53 Å². The van der Waals surface area contributed by atoms with Crippen LogP contribution in [0, 0.1) is 0 Å². The number of likely N-dealkylation sites (tertiary alicyclic amines) is 1. The van der Waals surface area contributed by atoms with E-state index < -0.39 is 0 Å². The lowest BCUT2D eigenvalue weighted by Gasteiger charge is -2.33. The Morgan fingerprint density at radius 3 is 2.85 bits per heavy atom. The molecule has 1 unspecified atom stereocenters. The standard InChI is InChI=1S/C14H20N4O2/c19-14(12-3-2-10-20-12)18-8-5-11(6-9-18)16-13-4-1-7-15-17-13/h1,4,7,11-12H,2-3,5-6,8-10H2,(H,16,17). The van der Waals surface area contributed by atoms with Crippen LogP contribution in [0.3, 0.4) is 0 Å². The van der Waals surface area contributed by atoms with Crippen molar-refractivity contribution in [2.75, 3.05) is 25.0 Å². The second kappa shape index (κ2) is 6.17. The van der Waals surface area contributed by atoms with E-state index in [1.165, 1.54) is 0 Å². The van der Waals surface area contributed by atoms with Crippen LogP contribution in [0.25, 0.3) is 0 Å². The number of amides is 1. The van der Waals surface area contributed by atoms with Gasteiger partial charge in [-0.05, 0) is 37.8 Å². The summed E-state index contributed by atoms with van der Waals surface area (Å²) in [5.74, 6) is 0.969. The second-order valence-electron chi connectivity index (χ2n) is 5.35. The second-order valence-corrected chi connectivity index (χ2v) is 5.35. The van der Waals surface area contributed by atoms with E-state index in [-0.39, 0.29) is 12.0 Å². The normalized spacial score (nSPS) is 23.8. The van der Waals surface area contributed by atoms with Gasteiger partial charge >= 0.3 is 0 Å². The molecule has 3 rings (SSSR count). The highest BCUT2D eigenvalue weighted by Crippen LogP contribution is 2.19. The van der Waals surface area contributed by atoms with Crippen LogP contribution in [0.1, 0.15) is 25.7 Å². The minimum atomic E-state index is -0.195. The van der Waals surface area contributed by atoms with Crippen LogP contribution in [-0.4, -0.2) is 52.8 Å². The maximum Gasteiger partial charge on any atom is 0.251 e. The number of aromatic nitrogens is 2. The van der Waals surface area contributed by atoms with E-state index in [4.69, 9.17) is 4.74 Å². The third kappa shape index (κ3) is 3.07. The summed E-state index contributed by atoms with van der Waals surface area (Å²) in [4.78, 5) is 14.2. The molecule has 1 N–H and O–H groups in total. The molecule has 6 heteroatoms. The molecule has 2 fully saturated rings. The number of piperidine rings is 1.